The summed E-state index contributed by atoms with van der Waals surface area (Å²) in [6, 6.07) is -0.838. The molecule has 0 spiro atoms. The van der Waals surface area contributed by atoms with Gasteiger partial charge in [0.1, 0.15) is 0 Å². The van der Waals surface area contributed by atoms with Crippen LogP contribution < -0.4 is 5.32 Å². The molecular weight excluding hydrogens is 338 g/mol. The minimum Gasteiger partial charge on any atom is -0.458 e. The minimum absolute atomic E-state index is 0.610. The van der Waals surface area contributed by atoms with Gasteiger partial charge < -0.3 is 24.3 Å². The second-order valence-electron chi connectivity index (χ2n) is 5.86. The van der Waals surface area contributed by atoms with Gasteiger partial charge in [-0.25, -0.2) is 0 Å². The van der Waals surface area contributed by atoms with Crippen LogP contribution in [0, 0.1) is 5.92 Å². The number of esters is 4. The molecular formula is C15H19NO9. The molecule has 2 rings (SSSR count). The van der Waals surface area contributed by atoms with Crippen molar-refractivity contribution >= 4 is 29.8 Å². The largest absolute Gasteiger partial charge is 0.458 e. The van der Waals surface area contributed by atoms with Crippen molar-refractivity contribution in [2.45, 2.75) is 58.2 Å². The summed E-state index contributed by atoms with van der Waals surface area (Å²) in [6.07, 6.45) is -4.61. The molecule has 10 heteroatoms. The summed E-state index contributed by atoms with van der Waals surface area (Å²) in [5, 5.41) is 2.56. The first-order valence-corrected chi connectivity index (χ1v) is 7.61. The lowest BCUT2D eigenvalue weighted by Crippen LogP contribution is -2.47. The van der Waals surface area contributed by atoms with Gasteiger partial charge in [-0.2, -0.15) is 0 Å². The fourth-order valence-electron chi connectivity index (χ4n) is 3.30. The maximum atomic E-state index is 12.1. The Morgan fingerprint density at radius 1 is 0.720 bits per heavy atom. The quantitative estimate of drug-likeness (QED) is 0.488. The average molecular weight is 357 g/mol. The zero-order chi connectivity index (χ0) is 18.9. The molecule has 0 radical (unpaired) electrons. The molecule has 1 aliphatic heterocycles. The summed E-state index contributed by atoms with van der Waals surface area (Å²) < 4.78 is 20.6. The van der Waals surface area contributed by atoms with Crippen molar-refractivity contribution in [2.75, 3.05) is 0 Å². The predicted octanol–water partition coefficient (Wildman–Crippen LogP) is -1.16. The maximum Gasteiger partial charge on any atom is 0.303 e. The lowest BCUT2D eigenvalue weighted by molar-refractivity contribution is -0.179. The maximum absolute atomic E-state index is 12.1. The fourth-order valence-corrected chi connectivity index (χ4v) is 3.30. The third kappa shape index (κ3) is 3.89. The van der Waals surface area contributed by atoms with Crippen molar-refractivity contribution in [1.82, 2.24) is 5.32 Å². The number of carbonyl (C=O) groups excluding carboxylic acids is 5. The highest BCUT2D eigenvalue weighted by molar-refractivity contribution is 5.87. The fraction of sp³-hybridized carbons (Fsp3) is 0.667. The van der Waals surface area contributed by atoms with Gasteiger partial charge in [-0.15, -0.1) is 0 Å². The number of fused-ring (bicyclic) bond motifs is 1. The van der Waals surface area contributed by atoms with Crippen LogP contribution in [0.3, 0.4) is 0 Å². The molecule has 1 saturated carbocycles. The highest BCUT2D eigenvalue weighted by Crippen LogP contribution is 2.40. The predicted molar refractivity (Wildman–Crippen MR) is 77.6 cm³/mol. The first-order chi connectivity index (χ1) is 11.6. The highest BCUT2D eigenvalue weighted by atomic mass is 16.6. The Morgan fingerprint density at radius 3 is 1.64 bits per heavy atom. The van der Waals surface area contributed by atoms with E-state index < -0.39 is 66.2 Å². The molecule has 0 aromatic heterocycles. The van der Waals surface area contributed by atoms with Gasteiger partial charge in [-0.3, -0.25) is 24.0 Å². The number of carbonyl (C=O) groups is 5. The zero-order valence-electron chi connectivity index (χ0n) is 14.1. The molecule has 25 heavy (non-hydrogen) atoms. The molecule has 1 saturated heterocycles. The second-order valence-corrected chi connectivity index (χ2v) is 5.86. The van der Waals surface area contributed by atoms with Crippen LogP contribution in [-0.4, -0.2) is 60.2 Å². The smallest absolute Gasteiger partial charge is 0.303 e. The monoisotopic (exact) mass is 357 g/mol. The van der Waals surface area contributed by atoms with E-state index >= 15 is 0 Å². The van der Waals surface area contributed by atoms with Crippen LogP contribution in [0.2, 0.25) is 0 Å². The van der Waals surface area contributed by atoms with E-state index in [1.54, 1.807) is 0 Å². The number of hydrogen-bond acceptors (Lipinski definition) is 9. The van der Waals surface area contributed by atoms with Crippen molar-refractivity contribution < 1.29 is 42.9 Å². The summed E-state index contributed by atoms with van der Waals surface area (Å²) in [4.78, 5) is 57.8. The van der Waals surface area contributed by atoms with Crippen molar-refractivity contribution in [3.8, 4) is 0 Å². The molecule has 2 aliphatic rings. The molecule has 1 heterocycles. The van der Waals surface area contributed by atoms with Gasteiger partial charge in [-0.1, -0.05) is 0 Å². The summed E-state index contributed by atoms with van der Waals surface area (Å²) in [5.74, 6) is -4.23. The molecule has 0 unspecified atom stereocenters. The van der Waals surface area contributed by atoms with E-state index in [9.17, 15) is 24.0 Å². The van der Waals surface area contributed by atoms with Crippen molar-refractivity contribution in [2.24, 2.45) is 5.92 Å². The second kappa shape index (κ2) is 7.08. The van der Waals surface area contributed by atoms with Gasteiger partial charge in [0.25, 0.3) is 5.91 Å². The van der Waals surface area contributed by atoms with E-state index in [4.69, 9.17) is 18.9 Å². The zero-order valence-corrected chi connectivity index (χ0v) is 14.1. The van der Waals surface area contributed by atoms with Crippen LogP contribution >= 0.6 is 0 Å². The molecule has 6 atom stereocenters. The first-order valence-electron chi connectivity index (χ1n) is 7.61. The summed E-state index contributed by atoms with van der Waals surface area (Å²) >= 11 is 0. The molecule has 1 aliphatic carbocycles. The lowest BCUT2D eigenvalue weighted by Gasteiger charge is -2.27. The summed E-state index contributed by atoms with van der Waals surface area (Å²) in [7, 11) is 0. The Bertz CT molecular complexity index is 616. The van der Waals surface area contributed by atoms with Crippen LogP contribution in [0.4, 0.5) is 0 Å². The number of nitrogens with one attached hydrogen (secondary N) is 1. The lowest BCUT2D eigenvalue weighted by atomic mass is 9.98. The van der Waals surface area contributed by atoms with E-state index in [2.05, 4.69) is 5.32 Å². The molecule has 2 fully saturated rings. The van der Waals surface area contributed by atoms with Gasteiger partial charge >= 0.3 is 23.9 Å². The molecule has 1 amide bonds. The Morgan fingerprint density at radius 2 is 1.16 bits per heavy atom. The average Bonchev–Trinajstić information content (AvgIpc) is 2.87. The molecule has 0 bridgehead atoms. The van der Waals surface area contributed by atoms with Crippen molar-refractivity contribution in [3.05, 3.63) is 0 Å². The third-order valence-electron chi connectivity index (χ3n) is 3.91. The van der Waals surface area contributed by atoms with Crippen LogP contribution in [0.5, 0.6) is 0 Å². The van der Waals surface area contributed by atoms with E-state index in [0.717, 1.165) is 27.7 Å². The van der Waals surface area contributed by atoms with Crippen molar-refractivity contribution in [1.29, 1.82) is 0 Å². The third-order valence-corrected chi connectivity index (χ3v) is 3.91. The number of amides is 1. The van der Waals surface area contributed by atoms with Gasteiger partial charge in [0.15, 0.2) is 24.4 Å². The Labute approximate surface area is 143 Å². The first kappa shape index (κ1) is 18.7. The van der Waals surface area contributed by atoms with Crippen LogP contribution in [0.25, 0.3) is 0 Å². The molecule has 10 nitrogen and oxygen atoms in total. The molecule has 0 aromatic carbocycles. The number of hydrogen-bond donors (Lipinski definition) is 1. The van der Waals surface area contributed by atoms with Crippen LogP contribution in [-0.2, 0) is 42.9 Å². The van der Waals surface area contributed by atoms with E-state index in [1.165, 1.54) is 0 Å². The van der Waals surface area contributed by atoms with Crippen LogP contribution in [0.15, 0.2) is 0 Å². The normalized spacial score (nSPS) is 33.0. The summed E-state index contributed by atoms with van der Waals surface area (Å²) in [5.41, 5.74) is 0. The molecule has 138 valence electrons. The van der Waals surface area contributed by atoms with E-state index in [1.807, 2.05) is 0 Å². The van der Waals surface area contributed by atoms with E-state index in [-0.39, 0.29) is 0 Å². The molecule has 1 N–H and O–H groups in total. The Balaban J connectivity index is 2.42. The van der Waals surface area contributed by atoms with Crippen LogP contribution in [0.1, 0.15) is 27.7 Å². The van der Waals surface area contributed by atoms with Gasteiger partial charge in [-0.05, 0) is 0 Å². The van der Waals surface area contributed by atoms with E-state index in [0.29, 0.717) is 0 Å². The Hall–Kier alpha value is -2.65. The topological polar surface area (TPSA) is 134 Å². The number of rotatable bonds is 4. The SMILES string of the molecule is CC(=O)O[C@@H]1[C@@H](OC(C)=O)[C@H]2NC(=O)[C@@H](OC(C)=O)[C@H]2[C@H]1OC(C)=O. The summed E-state index contributed by atoms with van der Waals surface area (Å²) in [6.45, 7) is 4.57. The molecule has 0 aromatic rings. The van der Waals surface area contributed by atoms with Gasteiger partial charge in [0.2, 0.25) is 0 Å². The minimum atomic E-state index is -1.26. The number of ether oxygens (including phenoxy) is 4. The van der Waals surface area contributed by atoms with Crippen molar-refractivity contribution in [3.63, 3.8) is 0 Å². The van der Waals surface area contributed by atoms with Gasteiger partial charge in [0.05, 0.1) is 12.0 Å². The van der Waals surface area contributed by atoms with Gasteiger partial charge in [0, 0.05) is 27.7 Å². The standard InChI is InChI=1S/C15H19NO9/c1-5(17)22-11-9-10(16-15(21)12(9)23-6(2)18)13(24-7(3)19)14(11)25-8(4)20/h9-14H,1-4H3,(H,16,21)/t9-,10+,11-,12+,13+,14+/m1/s1. The Kier molecular flexibility index (Phi) is 5.29. The highest BCUT2D eigenvalue weighted by Gasteiger charge is 2.65.